The smallest absolute Gasteiger partial charge is 0.265 e. The Bertz CT molecular complexity index is 2310. The molecule has 1 aliphatic rings. The first kappa shape index (κ1) is 39.9. The minimum absolute atomic E-state index is 0.266. The zero-order chi connectivity index (χ0) is 37.5. The predicted molar refractivity (Wildman–Crippen MR) is 219 cm³/mol. The van der Waals surface area contributed by atoms with Crippen LogP contribution in [0.5, 0.6) is 0 Å². The fourth-order valence-corrected chi connectivity index (χ4v) is 9.80. The number of nitrogens with zero attached hydrogens (tertiary/aromatic N) is 3. The Morgan fingerprint density at radius 2 is 1.38 bits per heavy atom. The normalized spacial score (nSPS) is 14.5. The van der Waals surface area contributed by atoms with Gasteiger partial charge in [-0.15, -0.1) is 0 Å². The third-order valence-electron chi connectivity index (χ3n) is 9.16. The molecule has 2 heterocycles. The summed E-state index contributed by atoms with van der Waals surface area (Å²) in [7, 11) is -8.18. The van der Waals surface area contributed by atoms with Crippen molar-refractivity contribution in [3.63, 3.8) is 0 Å². The number of fused-ring (bicyclic) bond motifs is 6. The van der Waals surface area contributed by atoms with Crippen LogP contribution in [0.2, 0.25) is 0 Å². The van der Waals surface area contributed by atoms with Crippen LogP contribution in [0.25, 0.3) is 37.8 Å². The van der Waals surface area contributed by atoms with Crippen LogP contribution >= 0.6 is 23.1 Å². The number of anilines is 1. The molecule has 0 aliphatic carbocycles. The molecule has 9 nitrogen and oxygen atoms in total. The maximum absolute atomic E-state index is 11.5. The lowest BCUT2D eigenvalue weighted by atomic mass is 10.1. The van der Waals surface area contributed by atoms with Crippen LogP contribution in [0.15, 0.2) is 94.4 Å². The van der Waals surface area contributed by atoms with Crippen LogP contribution in [0, 0.1) is 0 Å². The van der Waals surface area contributed by atoms with Crippen molar-refractivity contribution >= 4 is 86.9 Å². The van der Waals surface area contributed by atoms with Gasteiger partial charge >= 0.3 is 0 Å². The molecule has 0 saturated heterocycles. The van der Waals surface area contributed by atoms with E-state index in [1.54, 1.807) is 23.1 Å². The number of benzene rings is 4. The predicted octanol–water partition coefficient (Wildman–Crippen LogP) is 8.65. The molecule has 0 amide bonds. The lowest BCUT2D eigenvalue weighted by Crippen LogP contribution is -2.36. The van der Waals surface area contributed by atoms with E-state index in [-0.39, 0.29) is 24.3 Å². The number of thiazole rings is 1. The molecule has 52 heavy (non-hydrogen) atoms. The summed E-state index contributed by atoms with van der Waals surface area (Å²) < 4.78 is 68.2. The summed E-state index contributed by atoms with van der Waals surface area (Å²) >= 11 is 3.27. The molecule has 0 fully saturated rings. The van der Waals surface area contributed by atoms with Crippen LogP contribution in [0.4, 0.5) is 5.69 Å². The Hall–Kier alpha value is -3.30. The summed E-state index contributed by atoms with van der Waals surface area (Å²) in [5, 5.41) is 6.27. The number of aromatic nitrogens is 1. The molecule has 1 aliphatic heterocycles. The van der Waals surface area contributed by atoms with E-state index in [2.05, 4.69) is 103 Å². The van der Waals surface area contributed by atoms with E-state index in [9.17, 15) is 25.9 Å². The van der Waals surface area contributed by atoms with Gasteiger partial charge in [0.15, 0.2) is 6.54 Å². The van der Waals surface area contributed by atoms with Gasteiger partial charge in [-0.2, -0.15) is 21.4 Å². The zero-order valence-electron chi connectivity index (χ0n) is 30.2. The van der Waals surface area contributed by atoms with Crippen LogP contribution < -0.4 is 9.47 Å². The topological polar surface area (TPSA) is 119 Å². The van der Waals surface area contributed by atoms with Crippen molar-refractivity contribution in [2.75, 3.05) is 42.6 Å². The maximum Gasteiger partial charge on any atom is 0.265 e. The number of allylic oxidation sites excluding steroid dienone is 2. The Kier molecular flexibility index (Phi) is 13.6. The molecule has 2 N–H and O–H groups in total. The SMILES string of the molecule is CCC(=Cc1sc2ccc3ccccc3c2[n+]1CCCS(=O)(=O)O)C=C1Sc2ccc3ccccc3c2N1CCCS(=O)(=O)O.CCN(CC)CC. The molecule has 6 rings (SSSR count). The van der Waals surface area contributed by atoms with E-state index in [1.165, 1.54) is 19.6 Å². The number of rotatable bonds is 14. The monoisotopic (exact) mass is 782 g/mol. The van der Waals surface area contributed by atoms with Gasteiger partial charge in [0, 0.05) is 29.3 Å². The first-order valence-corrected chi connectivity index (χ1v) is 22.6. The molecule has 4 aromatic carbocycles. The van der Waals surface area contributed by atoms with Gasteiger partial charge in [-0.25, -0.2) is 0 Å². The molecule has 0 saturated carbocycles. The van der Waals surface area contributed by atoms with Gasteiger partial charge in [-0.3, -0.25) is 9.11 Å². The fourth-order valence-electron chi connectivity index (χ4n) is 6.45. The van der Waals surface area contributed by atoms with Crippen molar-refractivity contribution in [2.45, 2.75) is 58.4 Å². The number of hydrogen-bond donors (Lipinski definition) is 2. The van der Waals surface area contributed by atoms with Gasteiger partial charge in [0.1, 0.15) is 4.70 Å². The standard InChI is InChI=1S/C33H32N2O6S4.C6H15N/c1-2-23(21-30-34(17-7-19-44(36,37)38)32-26-11-5-3-9-24(26)13-15-28(32)42-30)22-31-35(18-8-20-45(39,40)41)33-27-12-6-4-10-25(27)14-16-29(33)43-31;1-4-7(5-2)6-3/h3-6,9-16,21-22H,2,7-8,17-20H2,1H3,(H-,36,37,38,39,40,41);4-6H2,1-3H3/p+1. The van der Waals surface area contributed by atoms with Gasteiger partial charge < -0.3 is 9.80 Å². The van der Waals surface area contributed by atoms with E-state index < -0.39 is 20.2 Å². The maximum atomic E-state index is 11.5. The number of aryl methyl sites for hydroxylation is 1. The van der Waals surface area contributed by atoms with Crippen molar-refractivity contribution in [3.05, 3.63) is 94.5 Å². The lowest BCUT2D eigenvalue weighted by molar-refractivity contribution is -0.667. The zero-order valence-corrected chi connectivity index (χ0v) is 33.4. The largest absolute Gasteiger partial charge is 0.334 e. The average molecular weight is 783 g/mol. The molecule has 0 atom stereocenters. The van der Waals surface area contributed by atoms with Gasteiger partial charge in [0.2, 0.25) is 5.52 Å². The fraction of sp³-hybridized carbons (Fsp3) is 0.359. The molecular formula is C39H48N3O6S4+. The molecule has 0 radical (unpaired) electrons. The van der Waals surface area contributed by atoms with Crippen molar-refractivity contribution in [2.24, 2.45) is 0 Å². The molecule has 278 valence electrons. The lowest BCUT2D eigenvalue weighted by Gasteiger charge is -2.22. The summed E-state index contributed by atoms with van der Waals surface area (Å²) in [4.78, 5) is 5.60. The summed E-state index contributed by atoms with van der Waals surface area (Å²) in [5.41, 5.74) is 3.11. The van der Waals surface area contributed by atoms with E-state index in [1.807, 2.05) is 24.3 Å². The number of thioether (sulfide) groups is 1. The highest BCUT2D eigenvalue weighted by Crippen LogP contribution is 2.50. The van der Waals surface area contributed by atoms with Crippen molar-refractivity contribution in [1.29, 1.82) is 0 Å². The molecule has 5 aromatic rings. The van der Waals surface area contributed by atoms with Crippen LogP contribution in [-0.2, 0) is 26.8 Å². The quantitative estimate of drug-likeness (QED) is 0.0843. The second-order valence-electron chi connectivity index (χ2n) is 12.6. The Morgan fingerprint density at radius 1 is 0.788 bits per heavy atom. The van der Waals surface area contributed by atoms with Gasteiger partial charge in [-0.1, -0.05) is 105 Å². The second kappa shape index (κ2) is 17.7. The van der Waals surface area contributed by atoms with E-state index in [4.69, 9.17) is 0 Å². The third kappa shape index (κ3) is 10.0. The summed E-state index contributed by atoms with van der Waals surface area (Å²) in [5.74, 6) is -0.644. The first-order chi connectivity index (χ1) is 24.9. The Morgan fingerprint density at radius 3 is 2.00 bits per heavy atom. The molecule has 0 spiro atoms. The molecule has 0 unspecified atom stereocenters. The minimum atomic E-state index is -4.09. The van der Waals surface area contributed by atoms with E-state index >= 15 is 0 Å². The van der Waals surface area contributed by atoms with Crippen LogP contribution in [-0.4, -0.2) is 68.5 Å². The highest BCUT2D eigenvalue weighted by Gasteiger charge is 2.28. The van der Waals surface area contributed by atoms with Crippen LogP contribution in [0.1, 0.15) is 52.0 Å². The average Bonchev–Trinajstić information content (AvgIpc) is 3.65. The van der Waals surface area contributed by atoms with Gasteiger partial charge in [0.25, 0.3) is 25.2 Å². The van der Waals surface area contributed by atoms with Crippen molar-refractivity contribution < 1.29 is 30.5 Å². The van der Waals surface area contributed by atoms with E-state index in [0.717, 1.165) is 64.4 Å². The summed E-state index contributed by atoms with van der Waals surface area (Å²) in [6.07, 6.45) is 5.53. The highest BCUT2D eigenvalue weighted by molar-refractivity contribution is 8.03. The third-order valence-corrected chi connectivity index (χ3v) is 13.0. The molecule has 0 bridgehead atoms. The van der Waals surface area contributed by atoms with Crippen molar-refractivity contribution in [3.8, 4) is 0 Å². The molecule has 13 heteroatoms. The Labute approximate surface area is 316 Å². The second-order valence-corrected chi connectivity index (χ2v) is 17.8. The van der Waals surface area contributed by atoms with Gasteiger partial charge in [-0.05, 0) is 73.1 Å². The summed E-state index contributed by atoms with van der Waals surface area (Å²) in [6, 6.07) is 24.6. The Balaban J connectivity index is 0.000000679. The van der Waals surface area contributed by atoms with Crippen molar-refractivity contribution in [1.82, 2.24) is 4.90 Å². The number of hydrogen-bond acceptors (Lipinski definition) is 8. The molecule has 1 aromatic heterocycles. The highest BCUT2D eigenvalue weighted by atomic mass is 32.2. The summed E-state index contributed by atoms with van der Waals surface area (Å²) in [6.45, 7) is 13.0. The van der Waals surface area contributed by atoms with Gasteiger partial charge in [0.05, 0.1) is 27.6 Å². The molecular weight excluding hydrogens is 735 g/mol. The van der Waals surface area contributed by atoms with Crippen LogP contribution in [0.3, 0.4) is 0 Å². The van der Waals surface area contributed by atoms with E-state index in [0.29, 0.717) is 13.1 Å². The minimum Gasteiger partial charge on any atom is -0.334 e. The first-order valence-electron chi connectivity index (χ1n) is 17.7.